The van der Waals surface area contributed by atoms with E-state index in [1.165, 1.54) is 15.6 Å². The van der Waals surface area contributed by atoms with E-state index < -0.39 is 10.0 Å². The molecule has 4 nitrogen and oxygen atoms in total. The van der Waals surface area contributed by atoms with Crippen LogP contribution in [-0.4, -0.2) is 24.3 Å². The third-order valence-electron chi connectivity index (χ3n) is 2.84. The van der Waals surface area contributed by atoms with Crippen LogP contribution in [-0.2, 0) is 22.4 Å². The molecule has 2 aromatic heterocycles. The van der Waals surface area contributed by atoms with Gasteiger partial charge in [0.05, 0.1) is 0 Å². The van der Waals surface area contributed by atoms with Crippen molar-refractivity contribution in [2.45, 2.75) is 23.6 Å². The quantitative estimate of drug-likeness (QED) is 0.765. The zero-order chi connectivity index (χ0) is 14.6. The zero-order valence-electron chi connectivity index (χ0n) is 11.0. The molecule has 0 fully saturated rings. The molecule has 20 heavy (non-hydrogen) atoms. The number of thiophene rings is 1. The monoisotopic (exact) mass is 330 g/mol. The van der Waals surface area contributed by atoms with E-state index in [9.17, 15) is 8.42 Å². The number of pyridine rings is 1. The lowest BCUT2D eigenvalue weighted by atomic mass is 10.3. The van der Waals surface area contributed by atoms with E-state index in [-0.39, 0.29) is 0 Å². The molecule has 0 N–H and O–H groups in total. The third kappa shape index (κ3) is 3.38. The molecule has 0 atom stereocenters. The summed E-state index contributed by atoms with van der Waals surface area (Å²) in [4.78, 5) is 3.93. The summed E-state index contributed by atoms with van der Waals surface area (Å²) in [7, 11) is -3.47. The molecule has 2 heterocycles. The molecular weight excluding hydrogens is 316 g/mol. The van der Waals surface area contributed by atoms with Crippen molar-refractivity contribution in [1.29, 1.82) is 0 Å². The van der Waals surface area contributed by atoms with Crippen LogP contribution in [0.2, 0.25) is 0 Å². The maximum atomic E-state index is 12.6. The lowest BCUT2D eigenvalue weighted by Crippen LogP contribution is -2.29. The van der Waals surface area contributed by atoms with Gasteiger partial charge in [0, 0.05) is 31.4 Å². The summed E-state index contributed by atoms with van der Waals surface area (Å²) in [5.41, 5.74) is 1.75. The number of nitrogens with zero attached hydrogens (tertiary/aromatic N) is 2. The highest BCUT2D eigenvalue weighted by Crippen LogP contribution is 2.25. The van der Waals surface area contributed by atoms with Crippen LogP contribution < -0.4 is 0 Å². The highest BCUT2D eigenvalue weighted by molar-refractivity contribution is 7.91. The number of halogens is 1. The van der Waals surface area contributed by atoms with Crippen molar-refractivity contribution in [1.82, 2.24) is 9.29 Å². The Bertz CT molecular complexity index is 656. The maximum absolute atomic E-state index is 12.6. The van der Waals surface area contributed by atoms with Crippen molar-refractivity contribution in [3.63, 3.8) is 0 Å². The number of aromatic nitrogens is 1. The van der Waals surface area contributed by atoms with Gasteiger partial charge in [-0.15, -0.1) is 22.9 Å². The fourth-order valence-electron chi connectivity index (χ4n) is 1.74. The number of hydrogen-bond donors (Lipinski definition) is 0. The molecule has 0 aliphatic heterocycles. The van der Waals surface area contributed by atoms with E-state index in [0.29, 0.717) is 23.2 Å². The van der Waals surface area contributed by atoms with Crippen molar-refractivity contribution in [2.75, 3.05) is 6.54 Å². The summed E-state index contributed by atoms with van der Waals surface area (Å²) in [5, 5.41) is 1.78. The highest BCUT2D eigenvalue weighted by Gasteiger charge is 2.24. The first kappa shape index (κ1) is 15.4. The lowest BCUT2D eigenvalue weighted by molar-refractivity contribution is 0.424. The number of sulfonamides is 1. The minimum atomic E-state index is -3.47. The van der Waals surface area contributed by atoms with Crippen LogP contribution in [0.25, 0.3) is 0 Å². The fourth-order valence-corrected chi connectivity index (χ4v) is 4.79. The molecule has 0 bridgehead atoms. The minimum Gasteiger partial charge on any atom is -0.265 e. The summed E-state index contributed by atoms with van der Waals surface area (Å²) in [5.74, 6) is 0.322. The number of rotatable bonds is 6. The van der Waals surface area contributed by atoms with Crippen LogP contribution in [0.1, 0.15) is 18.1 Å². The Morgan fingerprint density at radius 2 is 2.00 bits per heavy atom. The molecule has 108 valence electrons. The van der Waals surface area contributed by atoms with Crippen LogP contribution in [0.5, 0.6) is 0 Å². The molecular formula is C13H15ClN2O2S2. The minimum absolute atomic E-state index is 0.322. The van der Waals surface area contributed by atoms with Crippen LogP contribution in [0.4, 0.5) is 0 Å². The second-order valence-electron chi connectivity index (χ2n) is 4.19. The fraction of sp³-hybridized carbons (Fsp3) is 0.308. The van der Waals surface area contributed by atoms with Crippen LogP contribution in [0.3, 0.4) is 0 Å². The second kappa shape index (κ2) is 6.67. The van der Waals surface area contributed by atoms with Gasteiger partial charge in [-0.3, -0.25) is 4.98 Å². The lowest BCUT2D eigenvalue weighted by Gasteiger charge is -2.19. The van der Waals surface area contributed by atoms with Gasteiger partial charge < -0.3 is 0 Å². The van der Waals surface area contributed by atoms with Crippen molar-refractivity contribution in [2.24, 2.45) is 0 Å². The van der Waals surface area contributed by atoms with Crippen molar-refractivity contribution < 1.29 is 8.42 Å². The Morgan fingerprint density at radius 1 is 1.30 bits per heavy atom. The average Bonchev–Trinajstić information content (AvgIpc) is 2.95. The summed E-state index contributed by atoms with van der Waals surface area (Å²) < 4.78 is 26.9. The standard InChI is InChI=1S/C13H15ClN2O2S2/c1-2-16(9-11-3-5-15-6-4-11)20(17,18)13-7-12(8-14)10-19-13/h3-7,10H,2,8-9H2,1H3. The van der Waals surface area contributed by atoms with Gasteiger partial charge in [0.25, 0.3) is 10.0 Å². The molecule has 0 aliphatic carbocycles. The van der Waals surface area contributed by atoms with Crippen molar-refractivity contribution in [3.05, 3.63) is 47.1 Å². The normalized spacial score (nSPS) is 11.9. The van der Waals surface area contributed by atoms with Gasteiger partial charge in [-0.25, -0.2) is 8.42 Å². The molecule has 0 saturated carbocycles. The Kier molecular flexibility index (Phi) is 5.15. The van der Waals surface area contributed by atoms with Gasteiger partial charge >= 0.3 is 0 Å². The molecule has 2 rings (SSSR count). The highest BCUT2D eigenvalue weighted by atomic mass is 35.5. The molecule has 0 saturated heterocycles. The van der Waals surface area contributed by atoms with Gasteiger partial charge in [-0.2, -0.15) is 4.31 Å². The van der Waals surface area contributed by atoms with Gasteiger partial charge in [-0.1, -0.05) is 6.92 Å². The van der Waals surface area contributed by atoms with Crippen molar-refractivity contribution >= 4 is 33.0 Å². The van der Waals surface area contributed by atoms with E-state index in [4.69, 9.17) is 11.6 Å². The smallest absolute Gasteiger partial charge is 0.252 e. The summed E-state index contributed by atoms with van der Waals surface area (Å²) in [6.07, 6.45) is 3.32. The average molecular weight is 331 g/mol. The predicted octanol–water partition coefficient (Wildman–Crippen LogP) is 3.09. The first-order chi connectivity index (χ1) is 9.57. The third-order valence-corrected chi connectivity index (χ3v) is 6.53. The van der Waals surface area contributed by atoms with Crippen LogP contribution >= 0.6 is 22.9 Å². The number of alkyl halides is 1. The van der Waals surface area contributed by atoms with E-state index >= 15 is 0 Å². The SMILES string of the molecule is CCN(Cc1ccncc1)S(=O)(=O)c1cc(CCl)cs1. The van der Waals surface area contributed by atoms with Gasteiger partial charge in [-0.05, 0) is 34.7 Å². The summed E-state index contributed by atoms with van der Waals surface area (Å²) >= 11 is 6.93. The van der Waals surface area contributed by atoms with E-state index in [1.807, 2.05) is 19.1 Å². The summed E-state index contributed by atoms with van der Waals surface area (Å²) in [6, 6.07) is 5.27. The zero-order valence-corrected chi connectivity index (χ0v) is 13.4. The first-order valence-electron chi connectivity index (χ1n) is 6.10. The topological polar surface area (TPSA) is 50.3 Å². The van der Waals surface area contributed by atoms with Gasteiger partial charge in [0.2, 0.25) is 0 Å². The van der Waals surface area contributed by atoms with Gasteiger partial charge in [0.15, 0.2) is 0 Å². The Morgan fingerprint density at radius 3 is 2.55 bits per heavy atom. The molecule has 0 spiro atoms. The Labute approximate surface area is 128 Å². The van der Waals surface area contributed by atoms with E-state index in [1.54, 1.807) is 23.8 Å². The largest absolute Gasteiger partial charge is 0.265 e. The molecule has 7 heteroatoms. The first-order valence-corrected chi connectivity index (χ1v) is 8.95. The van der Waals surface area contributed by atoms with Crippen molar-refractivity contribution in [3.8, 4) is 0 Å². The maximum Gasteiger partial charge on any atom is 0.252 e. The molecule has 0 aliphatic rings. The molecule has 0 amide bonds. The molecule has 0 unspecified atom stereocenters. The molecule has 0 aromatic carbocycles. The van der Waals surface area contributed by atoms with Crippen LogP contribution in [0, 0.1) is 0 Å². The number of hydrogen-bond acceptors (Lipinski definition) is 4. The van der Waals surface area contributed by atoms with E-state index in [0.717, 1.165) is 11.1 Å². The Hall–Kier alpha value is -0.950. The summed E-state index contributed by atoms with van der Waals surface area (Å²) in [6.45, 7) is 2.59. The molecule has 2 aromatic rings. The predicted molar refractivity (Wildman–Crippen MR) is 81.4 cm³/mol. The Balaban J connectivity index is 2.25. The molecule has 0 radical (unpaired) electrons. The van der Waals surface area contributed by atoms with Gasteiger partial charge in [0.1, 0.15) is 4.21 Å². The second-order valence-corrected chi connectivity index (χ2v) is 7.54. The van der Waals surface area contributed by atoms with E-state index in [2.05, 4.69) is 4.98 Å². The van der Waals surface area contributed by atoms with Crippen LogP contribution in [0.15, 0.2) is 40.2 Å².